The van der Waals surface area contributed by atoms with E-state index in [4.69, 9.17) is 18.9 Å². The van der Waals surface area contributed by atoms with Gasteiger partial charge in [0.15, 0.2) is 23.0 Å². The number of halogens is 1. The minimum atomic E-state index is 0.271. The van der Waals surface area contributed by atoms with Gasteiger partial charge >= 0.3 is 0 Å². The first-order valence-electron chi connectivity index (χ1n) is 7.44. The minimum Gasteiger partial charge on any atom is -0.493 e. The van der Waals surface area contributed by atoms with E-state index in [1.54, 1.807) is 12.1 Å². The molecule has 6 heteroatoms. The first-order valence-corrected chi connectivity index (χ1v) is 8.24. The molecule has 0 atom stereocenters. The largest absolute Gasteiger partial charge is 0.493 e. The highest BCUT2D eigenvalue weighted by atomic mass is 79.9. The van der Waals surface area contributed by atoms with E-state index in [0.717, 1.165) is 4.47 Å². The van der Waals surface area contributed by atoms with E-state index >= 15 is 0 Å². The summed E-state index contributed by atoms with van der Waals surface area (Å²) in [5.74, 6) is 2.26. The van der Waals surface area contributed by atoms with E-state index in [-0.39, 0.29) is 6.61 Å². The van der Waals surface area contributed by atoms with Crippen LogP contribution in [0.4, 0.5) is 0 Å². The third-order valence-corrected chi connectivity index (χ3v) is 3.55. The number of methoxy groups -OCH3 is 1. The topological polar surface area (TPSA) is 60.7 Å². The highest BCUT2D eigenvalue weighted by Crippen LogP contribution is 2.34. The van der Waals surface area contributed by atoms with Gasteiger partial charge in [-0.1, -0.05) is 28.1 Å². The third-order valence-electron chi connectivity index (χ3n) is 3.10. The fourth-order valence-corrected chi connectivity index (χ4v) is 2.53. The molecule has 24 heavy (non-hydrogen) atoms. The number of rotatable bonds is 8. The predicted octanol–water partition coefficient (Wildman–Crippen LogP) is 4.19. The first kappa shape index (κ1) is 18.0. The van der Waals surface area contributed by atoms with Gasteiger partial charge in [0.1, 0.15) is 19.3 Å². The average molecular weight is 392 g/mol. The molecule has 2 aromatic carbocycles. The number of benzene rings is 2. The smallest absolute Gasteiger partial charge is 0.179 e. The number of ether oxygens (including phenoxy) is 4. The first-order chi connectivity index (χ1) is 11.7. The molecular weight excluding hydrogens is 374 g/mol. The molecule has 0 radical (unpaired) electrons. The van der Waals surface area contributed by atoms with Crippen molar-refractivity contribution >= 4 is 15.9 Å². The zero-order valence-electron chi connectivity index (χ0n) is 13.5. The molecule has 0 saturated heterocycles. The predicted molar refractivity (Wildman–Crippen MR) is 94.0 cm³/mol. The van der Waals surface area contributed by atoms with Gasteiger partial charge in [-0.25, -0.2) is 0 Å². The molecule has 0 heterocycles. The zero-order valence-corrected chi connectivity index (χ0v) is 15.1. The van der Waals surface area contributed by atoms with E-state index in [9.17, 15) is 5.26 Å². The Morgan fingerprint density at radius 1 is 1.00 bits per heavy atom. The van der Waals surface area contributed by atoms with E-state index in [0.29, 0.717) is 41.8 Å². The lowest BCUT2D eigenvalue weighted by molar-refractivity contribution is 0.203. The summed E-state index contributed by atoms with van der Waals surface area (Å²) < 4.78 is 22.9. The molecule has 5 nitrogen and oxygen atoms in total. The molecule has 126 valence electrons. The molecule has 0 N–H and O–H groups in total. The molecule has 0 fully saturated rings. The molecule has 0 saturated carbocycles. The Hall–Kier alpha value is -2.39. The maximum atomic E-state index is 9.24. The lowest BCUT2D eigenvalue weighted by Gasteiger charge is -2.14. The minimum absolute atomic E-state index is 0.271. The van der Waals surface area contributed by atoms with Crippen LogP contribution in [-0.2, 0) is 0 Å². The monoisotopic (exact) mass is 391 g/mol. The second kappa shape index (κ2) is 9.04. The highest BCUT2D eigenvalue weighted by Gasteiger charge is 2.13. The number of hydrogen-bond acceptors (Lipinski definition) is 5. The molecule has 0 aliphatic carbocycles. The van der Waals surface area contributed by atoms with Crippen LogP contribution in [0.2, 0.25) is 0 Å². The molecule has 0 aliphatic heterocycles. The standard InChI is InChI=1S/C18H18BrNO4/c1-3-22-15-6-4-5-7-16(15)23-8-9-24-18-13(12-20)10-14(19)11-17(18)21-2/h4-7,10-11H,3,8-9H2,1-2H3. The number of nitrogens with zero attached hydrogens (tertiary/aromatic N) is 1. The lowest BCUT2D eigenvalue weighted by Crippen LogP contribution is -2.11. The lowest BCUT2D eigenvalue weighted by atomic mass is 10.2. The van der Waals surface area contributed by atoms with Gasteiger partial charge in [0.25, 0.3) is 0 Å². The van der Waals surface area contributed by atoms with Crippen LogP contribution in [0, 0.1) is 11.3 Å². The van der Waals surface area contributed by atoms with E-state index in [2.05, 4.69) is 22.0 Å². The Morgan fingerprint density at radius 2 is 1.67 bits per heavy atom. The normalized spacial score (nSPS) is 9.92. The van der Waals surface area contributed by atoms with Crippen molar-refractivity contribution in [2.45, 2.75) is 6.92 Å². The molecule has 0 unspecified atom stereocenters. The second-order valence-corrected chi connectivity index (χ2v) is 5.59. The number of hydrogen-bond donors (Lipinski definition) is 0. The Labute approximate surface area is 149 Å². The van der Waals surface area contributed by atoms with E-state index in [1.165, 1.54) is 7.11 Å². The summed E-state index contributed by atoms with van der Waals surface area (Å²) >= 11 is 3.34. The van der Waals surface area contributed by atoms with Crippen LogP contribution in [0.15, 0.2) is 40.9 Å². The van der Waals surface area contributed by atoms with Crippen molar-refractivity contribution < 1.29 is 18.9 Å². The molecule has 0 spiro atoms. The second-order valence-electron chi connectivity index (χ2n) is 4.67. The Morgan fingerprint density at radius 3 is 2.29 bits per heavy atom. The van der Waals surface area contributed by atoms with E-state index in [1.807, 2.05) is 31.2 Å². The van der Waals surface area contributed by atoms with Crippen LogP contribution in [0.1, 0.15) is 12.5 Å². The van der Waals surface area contributed by atoms with Crippen molar-refractivity contribution in [1.29, 1.82) is 5.26 Å². The maximum Gasteiger partial charge on any atom is 0.179 e. The Kier molecular flexibility index (Phi) is 6.76. The summed E-state index contributed by atoms with van der Waals surface area (Å²) in [7, 11) is 1.53. The van der Waals surface area contributed by atoms with Gasteiger partial charge in [-0.3, -0.25) is 0 Å². The van der Waals surface area contributed by atoms with E-state index < -0.39 is 0 Å². The quantitative estimate of drug-likeness (QED) is 0.631. The summed E-state index contributed by atoms with van der Waals surface area (Å²) in [5.41, 5.74) is 0.399. The summed E-state index contributed by atoms with van der Waals surface area (Å²) in [6, 6.07) is 13.0. The average Bonchev–Trinajstić information content (AvgIpc) is 2.60. The van der Waals surface area contributed by atoms with Gasteiger partial charge in [-0.05, 0) is 31.2 Å². The van der Waals surface area contributed by atoms with Crippen LogP contribution in [0.3, 0.4) is 0 Å². The summed E-state index contributed by atoms with van der Waals surface area (Å²) in [5, 5.41) is 9.24. The maximum absolute atomic E-state index is 9.24. The molecule has 0 amide bonds. The fraction of sp³-hybridized carbons (Fsp3) is 0.278. The van der Waals surface area contributed by atoms with Crippen LogP contribution in [0.25, 0.3) is 0 Å². The van der Waals surface area contributed by atoms with Crippen molar-refractivity contribution in [1.82, 2.24) is 0 Å². The van der Waals surface area contributed by atoms with Crippen LogP contribution >= 0.6 is 15.9 Å². The molecule has 0 aromatic heterocycles. The number of nitriles is 1. The van der Waals surface area contributed by atoms with Gasteiger partial charge in [0.2, 0.25) is 0 Å². The van der Waals surface area contributed by atoms with Crippen LogP contribution < -0.4 is 18.9 Å². The molecular formula is C18H18BrNO4. The van der Waals surface area contributed by atoms with Crippen molar-refractivity contribution in [3.05, 3.63) is 46.4 Å². The van der Waals surface area contributed by atoms with Crippen LogP contribution in [0.5, 0.6) is 23.0 Å². The summed E-state index contributed by atoms with van der Waals surface area (Å²) in [6.07, 6.45) is 0. The molecule has 2 rings (SSSR count). The Bertz CT molecular complexity index is 727. The van der Waals surface area contributed by atoms with Crippen molar-refractivity contribution in [3.63, 3.8) is 0 Å². The van der Waals surface area contributed by atoms with Crippen molar-refractivity contribution in [2.24, 2.45) is 0 Å². The van der Waals surface area contributed by atoms with Gasteiger partial charge in [-0.2, -0.15) is 5.26 Å². The summed E-state index contributed by atoms with van der Waals surface area (Å²) in [6.45, 7) is 3.07. The zero-order chi connectivity index (χ0) is 17.4. The summed E-state index contributed by atoms with van der Waals surface area (Å²) in [4.78, 5) is 0. The SMILES string of the molecule is CCOc1ccccc1OCCOc1c(C#N)cc(Br)cc1OC. The van der Waals surface area contributed by atoms with Gasteiger partial charge in [0, 0.05) is 4.47 Å². The fourth-order valence-electron chi connectivity index (χ4n) is 2.09. The molecule has 0 aliphatic rings. The van der Waals surface area contributed by atoms with Gasteiger partial charge < -0.3 is 18.9 Å². The third kappa shape index (κ3) is 4.56. The van der Waals surface area contributed by atoms with Crippen molar-refractivity contribution in [2.75, 3.05) is 26.9 Å². The van der Waals surface area contributed by atoms with Gasteiger partial charge in [-0.15, -0.1) is 0 Å². The number of para-hydroxylation sites is 2. The molecule has 0 bridgehead atoms. The molecule has 2 aromatic rings. The van der Waals surface area contributed by atoms with Gasteiger partial charge in [0.05, 0.1) is 19.3 Å². The highest BCUT2D eigenvalue weighted by molar-refractivity contribution is 9.10. The van der Waals surface area contributed by atoms with Crippen molar-refractivity contribution in [3.8, 4) is 29.1 Å². The van der Waals surface area contributed by atoms with Crippen LogP contribution in [-0.4, -0.2) is 26.9 Å². The Balaban J connectivity index is 1.99.